The summed E-state index contributed by atoms with van der Waals surface area (Å²) in [6.45, 7) is 5.34. The fourth-order valence-electron chi connectivity index (χ4n) is 5.70. The van der Waals surface area contributed by atoms with Crippen LogP contribution in [0.25, 0.3) is 11.0 Å². The van der Waals surface area contributed by atoms with E-state index in [1.165, 1.54) is 42.5 Å². The predicted molar refractivity (Wildman–Crippen MR) is 133 cm³/mol. The van der Waals surface area contributed by atoms with Crippen molar-refractivity contribution < 1.29 is 0 Å². The highest BCUT2D eigenvalue weighted by atomic mass is 35.5. The first-order valence-corrected chi connectivity index (χ1v) is 12.9. The second kappa shape index (κ2) is 9.08. The normalized spacial score (nSPS) is 24.3. The van der Waals surface area contributed by atoms with Crippen molar-refractivity contribution in [3.8, 4) is 0 Å². The fraction of sp³-hybridized carbons (Fsp3) is 0.522. The number of pyridine rings is 1. The van der Waals surface area contributed by atoms with E-state index in [9.17, 15) is 0 Å². The number of aromatic nitrogens is 4. The number of H-pyrrole nitrogens is 1. The van der Waals surface area contributed by atoms with E-state index in [4.69, 9.17) is 21.7 Å². The molecule has 32 heavy (non-hydrogen) atoms. The molecule has 3 atom stereocenters. The zero-order valence-corrected chi connectivity index (χ0v) is 20.2. The van der Waals surface area contributed by atoms with Crippen LogP contribution in [0, 0.1) is 11.8 Å². The van der Waals surface area contributed by atoms with Crippen LogP contribution in [-0.2, 0) is 13.0 Å². The first kappa shape index (κ1) is 21.8. The Morgan fingerprint density at radius 2 is 1.97 bits per heavy atom. The Balaban J connectivity index is 0.000000684. The van der Waals surface area contributed by atoms with Crippen molar-refractivity contribution in [2.24, 2.45) is 17.0 Å². The molecule has 0 aromatic carbocycles. The van der Waals surface area contributed by atoms with E-state index in [1.54, 1.807) is 6.33 Å². The summed E-state index contributed by atoms with van der Waals surface area (Å²) in [6.07, 6.45) is 10.6. The summed E-state index contributed by atoms with van der Waals surface area (Å²) < 4.78 is 0. The zero-order chi connectivity index (χ0) is 22.2. The first-order chi connectivity index (χ1) is 15.6. The van der Waals surface area contributed by atoms with Gasteiger partial charge in [-0.05, 0) is 56.4 Å². The molecule has 170 valence electrons. The number of rotatable bonds is 2. The van der Waals surface area contributed by atoms with E-state index >= 15 is 0 Å². The lowest BCUT2D eigenvalue weighted by Gasteiger charge is -2.40. The van der Waals surface area contributed by atoms with Gasteiger partial charge >= 0.3 is 0 Å². The quantitative estimate of drug-likeness (QED) is 0.422. The number of nitrogens with two attached hydrogens (primary N) is 1. The molecule has 2 unspecified atom stereocenters. The van der Waals surface area contributed by atoms with Gasteiger partial charge in [0.05, 0.1) is 11.4 Å². The topological polar surface area (TPSA) is 87.0 Å². The van der Waals surface area contributed by atoms with Crippen LogP contribution in [0.3, 0.4) is 0 Å². The van der Waals surface area contributed by atoms with Crippen LogP contribution in [0.4, 0.5) is 11.5 Å². The molecule has 2 bridgehead atoms. The minimum absolute atomic E-state index is 0.333. The summed E-state index contributed by atoms with van der Waals surface area (Å²) in [5.74, 6) is 2.81. The highest BCUT2D eigenvalue weighted by Gasteiger charge is 2.36. The van der Waals surface area contributed by atoms with Crippen LogP contribution >= 0.6 is 23.5 Å². The van der Waals surface area contributed by atoms with Gasteiger partial charge in [-0.2, -0.15) is 0 Å². The van der Waals surface area contributed by atoms with E-state index in [0.29, 0.717) is 11.2 Å². The van der Waals surface area contributed by atoms with Gasteiger partial charge in [0.2, 0.25) is 0 Å². The molecule has 6 rings (SSSR count). The number of nitrogens with zero attached hydrogens (tertiary/aromatic N) is 5. The lowest BCUT2D eigenvalue weighted by molar-refractivity contribution is 0.417. The standard InChI is InChI=1S/C22H25ClN6.CH5NS/c1-13-6-18-17(11-29(13)19-8-20(23)27-21-16(19)4-5-24-21)22(26-12-25-18)28-9-14-2-3-15(7-14)10-28;1-3-2/h4-5,8,12-15H,2-3,6-7,9-11H2,1H3,(H,24,27);2H2,1H3/t13?,14-,15?;/m0./s1. The lowest BCUT2D eigenvalue weighted by atomic mass is 9.95. The molecule has 2 fully saturated rings. The molecule has 5 heterocycles. The Hall–Kier alpha value is -2.03. The van der Waals surface area contributed by atoms with Crippen molar-refractivity contribution in [1.82, 2.24) is 19.9 Å². The molecule has 7 nitrogen and oxygen atoms in total. The van der Waals surface area contributed by atoms with Crippen molar-refractivity contribution in [2.45, 2.75) is 45.2 Å². The van der Waals surface area contributed by atoms with Gasteiger partial charge in [-0.1, -0.05) is 23.5 Å². The number of anilines is 2. The number of aromatic amines is 1. The number of piperidine rings is 1. The number of hydrogen-bond acceptors (Lipinski definition) is 7. The summed E-state index contributed by atoms with van der Waals surface area (Å²) in [4.78, 5) is 22.0. The van der Waals surface area contributed by atoms with Gasteiger partial charge in [0, 0.05) is 49.2 Å². The molecule has 2 aliphatic heterocycles. The molecule has 0 radical (unpaired) electrons. The second-order valence-corrected chi connectivity index (χ2v) is 10.1. The van der Waals surface area contributed by atoms with Crippen molar-refractivity contribution >= 4 is 46.1 Å². The largest absolute Gasteiger partial charge is 0.363 e. The first-order valence-electron chi connectivity index (χ1n) is 11.3. The maximum absolute atomic E-state index is 6.35. The van der Waals surface area contributed by atoms with Crippen molar-refractivity contribution in [1.29, 1.82) is 0 Å². The van der Waals surface area contributed by atoms with E-state index in [0.717, 1.165) is 60.4 Å². The molecule has 9 heteroatoms. The average Bonchev–Trinajstić information content (AvgIpc) is 3.38. The summed E-state index contributed by atoms with van der Waals surface area (Å²) in [7, 11) is 0. The minimum atomic E-state index is 0.333. The number of hydrogen-bond donors (Lipinski definition) is 2. The number of nitrogens with one attached hydrogen (secondary N) is 1. The molecule has 3 aromatic rings. The Morgan fingerprint density at radius 1 is 1.22 bits per heavy atom. The van der Waals surface area contributed by atoms with Crippen molar-refractivity contribution in [2.75, 3.05) is 29.1 Å². The van der Waals surface area contributed by atoms with Gasteiger partial charge in [-0.15, -0.1) is 0 Å². The van der Waals surface area contributed by atoms with Crippen LogP contribution in [-0.4, -0.2) is 45.3 Å². The van der Waals surface area contributed by atoms with Gasteiger partial charge < -0.3 is 14.8 Å². The van der Waals surface area contributed by atoms with Crippen LogP contribution in [0.1, 0.15) is 37.4 Å². The molecule has 0 spiro atoms. The second-order valence-electron chi connectivity index (χ2n) is 9.19. The summed E-state index contributed by atoms with van der Waals surface area (Å²) in [5.41, 5.74) is 4.45. The van der Waals surface area contributed by atoms with Gasteiger partial charge in [0.25, 0.3) is 0 Å². The van der Waals surface area contributed by atoms with Gasteiger partial charge in [-0.3, -0.25) is 5.14 Å². The van der Waals surface area contributed by atoms with E-state index in [1.807, 2.05) is 18.5 Å². The highest BCUT2D eigenvalue weighted by molar-refractivity contribution is 7.96. The third kappa shape index (κ3) is 4.04. The Labute approximate surface area is 198 Å². The summed E-state index contributed by atoms with van der Waals surface area (Å²) in [6, 6.07) is 4.41. The van der Waals surface area contributed by atoms with E-state index in [2.05, 4.69) is 37.7 Å². The Bertz CT molecular complexity index is 1090. The van der Waals surface area contributed by atoms with E-state index in [-0.39, 0.29) is 0 Å². The smallest absolute Gasteiger partial charge is 0.141 e. The highest BCUT2D eigenvalue weighted by Crippen LogP contribution is 2.41. The Kier molecular flexibility index (Phi) is 6.18. The molecular formula is C23H30ClN7S. The third-order valence-corrected chi connectivity index (χ3v) is 7.25. The molecule has 1 saturated heterocycles. The van der Waals surface area contributed by atoms with Gasteiger partial charge in [0.1, 0.15) is 22.9 Å². The van der Waals surface area contributed by atoms with Gasteiger partial charge in [-0.25, -0.2) is 15.0 Å². The molecule has 3 N–H and O–H groups in total. The lowest BCUT2D eigenvalue weighted by Crippen LogP contribution is -2.42. The molecule has 3 aliphatic rings. The van der Waals surface area contributed by atoms with Crippen LogP contribution in [0.5, 0.6) is 0 Å². The average molecular weight is 472 g/mol. The predicted octanol–water partition coefficient (Wildman–Crippen LogP) is 4.42. The minimum Gasteiger partial charge on any atom is -0.363 e. The van der Waals surface area contributed by atoms with Crippen LogP contribution in [0.15, 0.2) is 24.7 Å². The molecule has 1 saturated carbocycles. The number of halogens is 1. The maximum Gasteiger partial charge on any atom is 0.141 e. The Morgan fingerprint density at radius 3 is 2.72 bits per heavy atom. The monoisotopic (exact) mass is 471 g/mol. The molecule has 0 amide bonds. The third-order valence-electron chi connectivity index (χ3n) is 7.05. The molecular weight excluding hydrogens is 442 g/mol. The maximum atomic E-state index is 6.35. The van der Waals surface area contributed by atoms with Gasteiger partial charge in [0.15, 0.2) is 0 Å². The fourth-order valence-corrected chi connectivity index (χ4v) is 5.88. The number of fused-ring (bicyclic) bond motifs is 4. The van der Waals surface area contributed by atoms with Crippen LogP contribution in [0.2, 0.25) is 5.15 Å². The molecule has 1 aliphatic carbocycles. The van der Waals surface area contributed by atoms with Crippen molar-refractivity contribution in [3.63, 3.8) is 0 Å². The van der Waals surface area contributed by atoms with Crippen LogP contribution < -0.4 is 14.9 Å². The SMILES string of the molecule is CC1Cc2ncnc(N3CC4CC[C@@H](C4)C3)c2CN1c1cc(Cl)nc2[nH]ccc12.CSN. The zero-order valence-electron chi connectivity index (χ0n) is 18.6. The summed E-state index contributed by atoms with van der Waals surface area (Å²) >= 11 is 7.60. The van der Waals surface area contributed by atoms with Crippen molar-refractivity contribution in [3.05, 3.63) is 41.1 Å². The molecule has 3 aromatic heterocycles. The van der Waals surface area contributed by atoms with E-state index < -0.39 is 0 Å². The summed E-state index contributed by atoms with van der Waals surface area (Å²) in [5, 5.41) is 6.39.